The van der Waals surface area contributed by atoms with Gasteiger partial charge in [-0.2, -0.15) is 0 Å². The number of rotatable bonds is 4. The molecule has 1 aromatic rings. The van der Waals surface area contributed by atoms with Crippen molar-refractivity contribution < 1.29 is 23.1 Å². The van der Waals surface area contributed by atoms with Gasteiger partial charge in [-0.3, -0.25) is 0 Å². The molecule has 7 nitrogen and oxygen atoms in total. The van der Waals surface area contributed by atoms with E-state index in [0.717, 1.165) is 32.0 Å². The summed E-state index contributed by atoms with van der Waals surface area (Å²) < 4.78 is 28.3. The smallest absolute Gasteiger partial charge is 0.339 e. The summed E-state index contributed by atoms with van der Waals surface area (Å²) in [5, 5.41) is 14.2. The molecule has 0 atom stereocenters. The molecule has 0 unspecified atom stereocenters. The van der Waals surface area contributed by atoms with Crippen molar-refractivity contribution in [1.82, 2.24) is 4.90 Å². The summed E-state index contributed by atoms with van der Waals surface area (Å²) in [5.41, 5.74) is -0.194. The lowest BCUT2D eigenvalue weighted by atomic mass is 10.1. The third kappa shape index (κ3) is 3.93. The Morgan fingerprint density at radius 2 is 2.00 bits per heavy atom. The first-order valence-corrected chi connectivity index (χ1v) is 8.07. The predicted octanol–water partition coefficient (Wildman–Crippen LogP) is 0.505. The van der Waals surface area contributed by atoms with Crippen LogP contribution in [0.5, 0.6) is 5.75 Å². The van der Waals surface area contributed by atoms with Crippen molar-refractivity contribution in [1.29, 1.82) is 0 Å². The fourth-order valence-corrected chi connectivity index (χ4v) is 2.78. The van der Waals surface area contributed by atoms with Crippen molar-refractivity contribution in [3.63, 3.8) is 0 Å². The quantitative estimate of drug-likeness (QED) is 0.837. The maximum atomic E-state index is 11.3. The topological polar surface area (TPSA) is 110 Å². The first kappa shape index (κ1) is 15.7. The van der Waals surface area contributed by atoms with Crippen LogP contribution in [0, 0.1) is 0 Å². The van der Waals surface area contributed by atoms with Gasteiger partial charge in [0.1, 0.15) is 17.4 Å². The first-order valence-electron chi connectivity index (χ1n) is 6.52. The number of hydrogen-bond donors (Lipinski definition) is 2. The molecule has 0 amide bonds. The average Bonchev–Trinajstić information content (AvgIpc) is 2.40. The molecule has 116 valence electrons. The predicted molar refractivity (Wildman–Crippen MR) is 75.9 cm³/mol. The number of carbonyl (C=O) groups is 1. The van der Waals surface area contributed by atoms with Crippen LogP contribution in [0.1, 0.15) is 23.2 Å². The molecule has 8 heteroatoms. The van der Waals surface area contributed by atoms with Crippen molar-refractivity contribution in [3.8, 4) is 5.75 Å². The van der Waals surface area contributed by atoms with Crippen LogP contribution in [0.15, 0.2) is 23.1 Å². The number of sulfonamides is 1. The molecule has 1 fully saturated rings. The highest BCUT2D eigenvalue weighted by Crippen LogP contribution is 2.25. The number of piperidine rings is 1. The molecule has 0 spiro atoms. The Hall–Kier alpha value is -1.64. The lowest BCUT2D eigenvalue weighted by Crippen LogP contribution is -2.35. The minimum absolute atomic E-state index is 0.0698. The number of ether oxygens (including phenoxy) is 1. The van der Waals surface area contributed by atoms with Crippen LogP contribution in [0.2, 0.25) is 0 Å². The van der Waals surface area contributed by atoms with E-state index in [9.17, 15) is 18.3 Å². The van der Waals surface area contributed by atoms with E-state index >= 15 is 0 Å². The van der Waals surface area contributed by atoms with E-state index in [0.29, 0.717) is 0 Å². The van der Waals surface area contributed by atoms with Crippen LogP contribution in [-0.2, 0) is 10.0 Å². The number of benzene rings is 1. The minimum atomic E-state index is -3.94. The molecule has 0 saturated carbocycles. The molecule has 0 bridgehead atoms. The van der Waals surface area contributed by atoms with Gasteiger partial charge in [0.2, 0.25) is 10.0 Å². The zero-order valence-corrected chi connectivity index (χ0v) is 12.5. The largest absolute Gasteiger partial charge is 0.489 e. The van der Waals surface area contributed by atoms with Crippen molar-refractivity contribution in [3.05, 3.63) is 23.8 Å². The van der Waals surface area contributed by atoms with E-state index < -0.39 is 16.0 Å². The summed E-state index contributed by atoms with van der Waals surface area (Å²) in [6.45, 7) is 1.75. The van der Waals surface area contributed by atoms with E-state index in [1.165, 1.54) is 12.1 Å². The molecule has 1 aliphatic rings. The Labute approximate surface area is 123 Å². The second-order valence-corrected chi connectivity index (χ2v) is 6.69. The van der Waals surface area contributed by atoms with Crippen LogP contribution in [-0.4, -0.2) is 50.6 Å². The third-order valence-electron chi connectivity index (χ3n) is 3.47. The molecular weight excluding hydrogens is 296 g/mol. The van der Waals surface area contributed by atoms with Crippen LogP contribution >= 0.6 is 0 Å². The highest BCUT2D eigenvalue weighted by molar-refractivity contribution is 7.89. The van der Waals surface area contributed by atoms with Gasteiger partial charge in [0.15, 0.2) is 0 Å². The summed E-state index contributed by atoms with van der Waals surface area (Å²) >= 11 is 0. The maximum Gasteiger partial charge on any atom is 0.339 e. The number of nitrogens with two attached hydrogens (primary N) is 1. The Bertz CT molecular complexity index is 636. The third-order valence-corrected chi connectivity index (χ3v) is 4.38. The Morgan fingerprint density at radius 1 is 1.38 bits per heavy atom. The molecule has 3 N–H and O–H groups in total. The molecule has 1 aliphatic heterocycles. The zero-order chi connectivity index (χ0) is 15.6. The first-order chi connectivity index (χ1) is 9.77. The highest BCUT2D eigenvalue weighted by atomic mass is 32.2. The number of likely N-dealkylation sites (tertiary alicyclic amines) is 1. The second kappa shape index (κ2) is 6.00. The molecule has 0 aliphatic carbocycles. The van der Waals surface area contributed by atoms with Gasteiger partial charge in [0, 0.05) is 13.1 Å². The van der Waals surface area contributed by atoms with Gasteiger partial charge in [0.25, 0.3) is 0 Å². The molecule has 1 heterocycles. The summed E-state index contributed by atoms with van der Waals surface area (Å²) in [7, 11) is -1.93. The van der Waals surface area contributed by atoms with Crippen LogP contribution in [0.25, 0.3) is 0 Å². The van der Waals surface area contributed by atoms with Crippen molar-refractivity contribution >= 4 is 16.0 Å². The highest BCUT2D eigenvalue weighted by Gasteiger charge is 2.22. The second-order valence-electron chi connectivity index (χ2n) is 5.13. The lowest BCUT2D eigenvalue weighted by Gasteiger charge is -2.29. The number of primary sulfonamides is 1. The molecule has 2 rings (SSSR count). The number of carboxylic acid groups (broad SMARTS) is 1. The van der Waals surface area contributed by atoms with Crippen molar-refractivity contribution in [2.75, 3.05) is 20.1 Å². The number of carboxylic acids is 1. The van der Waals surface area contributed by atoms with Gasteiger partial charge >= 0.3 is 5.97 Å². The van der Waals surface area contributed by atoms with Crippen LogP contribution < -0.4 is 9.88 Å². The molecule has 0 radical (unpaired) electrons. The van der Waals surface area contributed by atoms with Gasteiger partial charge in [-0.1, -0.05) is 0 Å². The van der Waals surface area contributed by atoms with Gasteiger partial charge in [-0.25, -0.2) is 18.4 Å². The average molecular weight is 314 g/mol. The summed E-state index contributed by atoms with van der Waals surface area (Å²) in [5.74, 6) is -1.08. The van der Waals surface area contributed by atoms with Gasteiger partial charge in [-0.15, -0.1) is 0 Å². The molecule has 1 aromatic carbocycles. The van der Waals surface area contributed by atoms with Crippen molar-refractivity contribution in [2.45, 2.75) is 23.8 Å². The molecule has 1 saturated heterocycles. The monoisotopic (exact) mass is 314 g/mol. The van der Waals surface area contributed by atoms with E-state index in [1.54, 1.807) is 0 Å². The number of nitrogens with zero attached hydrogens (tertiary/aromatic N) is 1. The Morgan fingerprint density at radius 3 is 2.52 bits per heavy atom. The van der Waals surface area contributed by atoms with E-state index in [1.807, 2.05) is 7.05 Å². The summed E-state index contributed by atoms with van der Waals surface area (Å²) in [6.07, 6.45) is 1.53. The molecular formula is C13H18N2O5S. The van der Waals surface area contributed by atoms with Gasteiger partial charge in [-0.05, 0) is 38.1 Å². The number of aromatic carboxylic acids is 1. The Balaban J connectivity index is 2.25. The molecule has 21 heavy (non-hydrogen) atoms. The number of hydrogen-bond acceptors (Lipinski definition) is 5. The molecule has 0 aromatic heterocycles. The van der Waals surface area contributed by atoms with Crippen molar-refractivity contribution in [2.24, 2.45) is 5.14 Å². The fraction of sp³-hybridized carbons (Fsp3) is 0.462. The van der Waals surface area contributed by atoms with E-state index in [4.69, 9.17) is 9.88 Å². The SMILES string of the molecule is CN1CCC(Oc2ccc(S(N)(=O)=O)cc2C(=O)O)CC1. The van der Waals surface area contributed by atoms with Crippen LogP contribution in [0.4, 0.5) is 0 Å². The lowest BCUT2D eigenvalue weighted by molar-refractivity contribution is 0.0680. The summed E-state index contributed by atoms with van der Waals surface area (Å²) in [6, 6.07) is 3.63. The van der Waals surface area contributed by atoms with E-state index in [-0.39, 0.29) is 22.3 Å². The normalized spacial score (nSPS) is 17.6. The van der Waals surface area contributed by atoms with Crippen LogP contribution in [0.3, 0.4) is 0 Å². The van der Waals surface area contributed by atoms with Gasteiger partial charge < -0.3 is 14.7 Å². The standard InChI is InChI=1S/C13H18N2O5S/c1-15-6-4-9(5-7-15)20-12-3-2-10(21(14,18)19)8-11(12)13(16)17/h2-3,8-9H,4-7H2,1H3,(H,16,17)(H2,14,18,19). The van der Waals surface area contributed by atoms with Gasteiger partial charge in [0.05, 0.1) is 4.90 Å². The van der Waals surface area contributed by atoms with E-state index in [2.05, 4.69) is 4.90 Å². The Kier molecular flexibility index (Phi) is 4.50. The maximum absolute atomic E-state index is 11.3. The minimum Gasteiger partial charge on any atom is -0.489 e. The zero-order valence-electron chi connectivity index (χ0n) is 11.7. The fourth-order valence-electron chi connectivity index (χ4n) is 2.24. The summed E-state index contributed by atoms with van der Waals surface area (Å²) in [4.78, 5) is 13.2.